The highest BCUT2D eigenvalue weighted by atomic mass is 19.3. The van der Waals surface area contributed by atoms with Gasteiger partial charge in [-0.2, -0.15) is 0 Å². The molecule has 0 amide bonds. The predicted molar refractivity (Wildman–Crippen MR) is 58.0 cm³/mol. The lowest BCUT2D eigenvalue weighted by Gasteiger charge is -2.30. The van der Waals surface area contributed by atoms with Crippen molar-refractivity contribution in [3.05, 3.63) is 35.6 Å². The first kappa shape index (κ1) is 13.0. The van der Waals surface area contributed by atoms with E-state index in [-0.39, 0.29) is 0 Å². The maximum Gasteiger partial charge on any atom is 0.260 e. The third-order valence-electron chi connectivity index (χ3n) is 2.62. The Morgan fingerprint density at radius 2 is 1.81 bits per heavy atom. The zero-order valence-corrected chi connectivity index (χ0v) is 9.43. The summed E-state index contributed by atoms with van der Waals surface area (Å²) < 4.78 is 38.8. The van der Waals surface area contributed by atoms with E-state index in [0.717, 1.165) is 6.42 Å². The minimum absolute atomic E-state index is 0.400. The first-order valence-electron chi connectivity index (χ1n) is 5.30. The van der Waals surface area contributed by atoms with E-state index < -0.39 is 17.8 Å². The van der Waals surface area contributed by atoms with Crippen molar-refractivity contribution in [1.82, 2.24) is 5.32 Å². The normalized spacial score (nSPS) is 15.1. The number of benzene rings is 1. The van der Waals surface area contributed by atoms with E-state index in [1.807, 2.05) is 6.92 Å². The van der Waals surface area contributed by atoms with Gasteiger partial charge in [-0.25, -0.2) is 13.2 Å². The zero-order valence-electron chi connectivity index (χ0n) is 9.43. The fourth-order valence-corrected chi connectivity index (χ4v) is 1.49. The van der Waals surface area contributed by atoms with Gasteiger partial charge < -0.3 is 5.32 Å². The molecule has 1 atom stereocenters. The van der Waals surface area contributed by atoms with Gasteiger partial charge in [0, 0.05) is 0 Å². The van der Waals surface area contributed by atoms with Crippen molar-refractivity contribution >= 4 is 0 Å². The molecule has 0 heterocycles. The molecule has 0 spiro atoms. The molecule has 16 heavy (non-hydrogen) atoms. The third-order valence-corrected chi connectivity index (χ3v) is 2.62. The summed E-state index contributed by atoms with van der Waals surface area (Å²) in [6, 6.07) is 5.18. The van der Waals surface area contributed by atoms with Crippen molar-refractivity contribution in [3.63, 3.8) is 0 Å². The average molecular weight is 231 g/mol. The Balaban J connectivity index is 2.96. The molecule has 4 heteroatoms. The summed E-state index contributed by atoms with van der Waals surface area (Å²) >= 11 is 0. The quantitative estimate of drug-likeness (QED) is 0.819. The molecule has 0 bridgehead atoms. The Morgan fingerprint density at radius 3 is 2.25 bits per heavy atom. The minimum Gasteiger partial charge on any atom is -0.303 e. The zero-order chi connectivity index (χ0) is 12.2. The van der Waals surface area contributed by atoms with Crippen molar-refractivity contribution in [3.8, 4) is 0 Å². The first-order chi connectivity index (χ1) is 7.50. The number of halogens is 3. The summed E-state index contributed by atoms with van der Waals surface area (Å²) in [7, 11) is 0. The van der Waals surface area contributed by atoms with Crippen LogP contribution in [0.15, 0.2) is 24.3 Å². The molecule has 0 aromatic heterocycles. The molecule has 1 aromatic carbocycles. The highest BCUT2D eigenvalue weighted by Gasteiger charge is 2.35. The molecule has 0 aliphatic rings. The molecule has 0 radical (unpaired) electrons. The SMILES string of the molecule is CCCNC(C)(c1ccc(F)cc1)C(F)F. The van der Waals surface area contributed by atoms with Gasteiger partial charge in [0.25, 0.3) is 6.43 Å². The molecule has 1 rings (SSSR count). The largest absolute Gasteiger partial charge is 0.303 e. The molecule has 1 N–H and O–H groups in total. The third kappa shape index (κ3) is 2.76. The van der Waals surface area contributed by atoms with Crippen molar-refractivity contribution in [2.24, 2.45) is 0 Å². The smallest absolute Gasteiger partial charge is 0.260 e. The predicted octanol–water partition coefficient (Wildman–Crippen LogP) is 3.31. The minimum atomic E-state index is -2.54. The maximum atomic E-state index is 13.0. The van der Waals surface area contributed by atoms with Crippen LogP contribution in [-0.4, -0.2) is 13.0 Å². The van der Waals surface area contributed by atoms with Gasteiger partial charge in [-0.1, -0.05) is 19.1 Å². The maximum absolute atomic E-state index is 13.0. The second-order valence-electron chi connectivity index (χ2n) is 3.94. The van der Waals surface area contributed by atoms with E-state index in [9.17, 15) is 13.2 Å². The Kier molecular flexibility index (Phi) is 4.35. The van der Waals surface area contributed by atoms with E-state index in [0.29, 0.717) is 12.1 Å². The Labute approximate surface area is 93.7 Å². The first-order valence-corrected chi connectivity index (χ1v) is 5.30. The van der Waals surface area contributed by atoms with Crippen LogP contribution in [0.2, 0.25) is 0 Å². The van der Waals surface area contributed by atoms with Crippen LogP contribution < -0.4 is 5.32 Å². The highest BCUT2D eigenvalue weighted by molar-refractivity contribution is 5.25. The van der Waals surface area contributed by atoms with Gasteiger partial charge >= 0.3 is 0 Å². The summed E-state index contributed by atoms with van der Waals surface area (Å²) in [6.45, 7) is 3.84. The van der Waals surface area contributed by atoms with Crippen LogP contribution in [0.3, 0.4) is 0 Å². The fraction of sp³-hybridized carbons (Fsp3) is 0.500. The molecular weight excluding hydrogens is 215 g/mol. The number of nitrogens with one attached hydrogen (secondary N) is 1. The molecular formula is C12H16F3N. The Hall–Kier alpha value is -1.03. The Bertz CT molecular complexity index is 324. The molecule has 0 saturated heterocycles. The topological polar surface area (TPSA) is 12.0 Å². The van der Waals surface area contributed by atoms with Crippen LogP contribution in [-0.2, 0) is 5.54 Å². The molecule has 1 unspecified atom stereocenters. The van der Waals surface area contributed by atoms with Crippen LogP contribution in [0.5, 0.6) is 0 Å². The number of rotatable bonds is 5. The lowest BCUT2D eigenvalue weighted by molar-refractivity contribution is 0.0385. The van der Waals surface area contributed by atoms with Gasteiger partial charge in [0.2, 0.25) is 0 Å². The van der Waals surface area contributed by atoms with Crippen molar-refractivity contribution < 1.29 is 13.2 Å². The summed E-state index contributed by atoms with van der Waals surface area (Å²) in [5.41, 5.74) is -1.01. The number of alkyl halides is 2. The fourth-order valence-electron chi connectivity index (χ4n) is 1.49. The van der Waals surface area contributed by atoms with Crippen molar-refractivity contribution in [2.45, 2.75) is 32.2 Å². The monoisotopic (exact) mass is 231 g/mol. The second-order valence-corrected chi connectivity index (χ2v) is 3.94. The molecule has 1 aromatic rings. The van der Waals surface area contributed by atoms with Gasteiger partial charge in [-0.3, -0.25) is 0 Å². The summed E-state index contributed by atoms with van der Waals surface area (Å²) in [5, 5.41) is 2.81. The second kappa shape index (κ2) is 5.34. The van der Waals surface area contributed by atoms with E-state index in [1.165, 1.54) is 31.2 Å². The van der Waals surface area contributed by atoms with E-state index in [2.05, 4.69) is 5.32 Å². The molecule has 90 valence electrons. The van der Waals surface area contributed by atoms with Gasteiger partial charge in [0.05, 0.1) is 0 Å². The summed E-state index contributed by atoms with van der Waals surface area (Å²) in [6.07, 6.45) is -1.77. The summed E-state index contributed by atoms with van der Waals surface area (Å²) in [5.74, 6) is -0.421. The van der Waals surface area contributed by atoms with Crippen LogP contribution in [0.25, 0.3) is 0 Å². The van der Waals surface area contributed by atoms with Gasteiger partial charge in [-0.15, -0.1) is 0 Å². The summed E-state index contributed by atoms with van der Waals surface area (Å²) in [4.78, 5) is 0. The van der Waals surface area contributed by atoms with Crippen molar-refractivity contribution in [1.29, 1.82) is 0 Å². The van der Waals surface area contributed by atoms with Gasteiger partial charge in [0.15, 0.2) is 0 Å². The van der Waals surface area contributed by atoms with Crippen LogP contribution >= 0.6 is 0 Å². The lowest BCUT2D eigenvalue weighted by atomic mass is 9.92. The van der Waals surface area contributed by atoms with E-state index in [1.54, 1.807) is 0 Å². The number of hydrogen-bond donors (Lipinski definition) is 1. The van der Waals surface area contributed by atoms with E-state index >= 15 is 0 Å². The van der Waals surface area contributed by atoms with Gasteiger partial charge in [-0.05, 0) is 37.6 Å². The van der Waals surface area contributed by atoms with Crippen molar-refractivity contribution in [2.75, 3.05) is 6.54 Å². The highest BCUT2D eigenvalue weighted by Crippen LogP contribution is 2.28. The van der Waals surface area contributed by atoms with Gasteiger partial charge in [0.1, 0.15) is 11.4 Å². The van der Waals surface area contributed by atoms with Crippen LogP contribution in [0.1, 0.15) is 25.8 Å². The number of hydrogen-bond acceptors (Lipinski definition) is 1. The molecule has 0 saturated carbocycles. The molecule has 1 nitrogen and oxygen atoms in total. The molecule has 0 fully saturated rings. The van der Waals surface area contributed by atoms with E-state index in [4.69, 9.17) is 0 Å². The molecule has 0 aliphatic heterocycles. The molecule has 0 aliphatic carbocycles. The van der Waals surface area contributed by atoms with Crippen LogP contribution in [0, 0.1) is 5.82 Å². The lowest BCUT2D eigenvalue weighted by Crippen LogP contribution is -2.46. The Morgan fingerprint density at radius 1 is 1.25 bits per heavy atom. The average Bonchev–Trinajstić information content (AvgIpc) is 2.26. The standard InChI is InChI=1S/C12H16F3N/c1-3-8-16-12(2,11(14)15)9-4-6-10(13)7-5-9/h4-7,11,16H,3,8H2,1-2H3. The van der Waals surface area contributed by atoms with Crippen LogP contribution in [0.4, 0.5) is 13.2 Å².